The second-order valence-corrected chi connectivity index (χ2v) is 7.38. The highest BCUT2D eigenvalue weighted by Gasteiger charge is 2.22. The molecule has 1 aromatic rings. The normalized spacial score (nSPS) is 18.0. The Morgan fingerprint density at radius 3 is 2.64 bits per heavy atom. The molecule has 1 atom stereocenters. The Morgan fingerprint density at radius 1 is 1.32 bits per heavy atom. The molecule has 7 heteroatoms. The van der Waals surface area contributed by atoms with Crippen molar-refractivity contribution in [2.75, 3.05) is 25.5 Å². The Balaban J connectivity index is 1.99. The molecule has 0 saturated carbocycles. The zero-order valence-electron chi connectivity index (χ0n) is 15.3. The van der Waals surface area contributed by atoms with Crippen LogP contribution in [0.5, 0.6) is 5.75 Å². The van der Waals surface area contributed by atoms with Crippen LogP contribution in [0.15, 0.2) is 18.2 Å². The fraction of sp³-hybridized carbons (Fsp3) is 0.556. The van der Waals surface area contributed by atoms with Crippen molar-refractivity contribution >= 4 is 17.7 Å². The minimum absolute atomic E-state index is 0.100. The summed E-state index contributed by atoms with van der Waals surface area (Å²) in [5.74, 6) is -0.389. The third-order valence-electron chi connectivity index (χ3n) is 4.00. The largest absolute Gasteiger partial charge is 0.508 e. The summed E-state index contributed by atoms with van der Waals surface area (Å²) in [6.07, 6.45) is 1.55. The quantitative estimate of drug-likeness (QED) is 0.777. The number of phenols is 1. The van der Waals surface area contributed by atoms with Crippen molar-refractivity contribution < 1.29 is 19.4 Å². The molecule has 0 aromatic heterocycles. The molecule has 1 saturated heterocycles. The number of carbonyl (C=O) groups is 2. The summed E-state index contributed by atoms with van der Waals surface area (Å²) in [7, 11) is 2.04. The van der Waals surface area contributed by atoms with Gasteiger partial charge in [-0.05, 0) is 59.3 Å². The summed E-state index contributed by atoms with van der Waals surface area (Å²) in [6.45, 7) is 6.87. The molecular formula is C18H27N3O4. The smallest absolute Gasteiger partial charge is 0.412 e. The SMILES string of the molecule is CN1CCCC1CNC(=O)c1cc(O)cc(NC(=O)OC(C)(C)C)c1. The summed E-state index contributed by atoms with van der Waals surface area (Å²) in [6, 6.07) is 4.58. The molecule has 1 unspecified atom stereocenters. The number of likely N-dealkylation sites (N-methyl/N-ethyl adjacent to an activating group) is 1. The molecular weight excluding hydrogens is 322 g/mol. The van der Waals surface area contributed by atoms with E-state index in [2.05, 4.69) is 15.5 Å². The lowest BCUT2D eigenvalue weighted by Gasteiger charge is -2.20. The zero-order chi connectivity index (χ0) is 18.6. The van der Waals surface area contributed by atoms with E-state index in [1.54, 1.807) is 20.8 Å². The van der Waals surface area contributed by atoms with Gasteiger partial charge in [0.1, 0.15) is 11.4 Å². The maximum absolute atomic E-state index is 12.3. The number of benzene rings is 1. The summed E-state index contributed by atoms with van der Waals surface area (Å²) in [5, 5.41) is 15.2. The molecule has 1 aromatic carbocycles. The number of amides is 2. The number of nitrogens with one attached hydrogen (secondary N) is 2. The lowest BCUT2D eigenvalue weighted by Crippen LogP contribution is -2.38. The molecule has 1 fully saturated rings. The Labute approximate surface area is 148 Å². The summed E-state index contributed by atoms with van der Waals surface area (Å²) in [4.78, 5) is 26.4. The number of phenolic OH excluding ortho intramolecular Hbond substituents is 1. The number of carbonyl (C=O) groups excluding carboxylic acids is 2. The van der Waals surface area contributed by atoms with E-state index in [0.29, 0.717) is 18.3 Å². The second kappa shape index (κ2) is 7.74. The van der Waals surface area contributed by atoms with Gasteiger partial charge in [0.05, 0.1) is 0 Å². The highest BCUT2D eigenvalue weighted by Crippen LogP contribution is 2.21. The average molecular weight is 349 g/mol. The molecule has 0 radical (unpaired) electrons. The minimum Gasteiger partial charge on any atom is -0.508 e. The molecule has 3 N–H and O–H groups in total. The molecule has 2 rings (SSSR count). The number of ether oxygens (including phenoxy) is 1. The van der Waals surface area contributed by atoms with Gasteiger partial charge in [-0.15, -0.1) is 0 Å². The van der Waals surface area contributed by atoms with Crippen molar-refractivity contribution in [1.29, 1.82) is 0 Å². The van der Waals surface area contributed by atoms with E-state index in [4.69, 9.17) is 4.74 Å². The fourth-order valence-corrected chi connectivity index (χ4v) is 2.79. The molecule has 7 nitrogen and oxygen atoms in total. The lowest BCUT2D eigenvalue weighted by molar-refractivity contribution is 0.0635. The number of nitrogens with zero attached hydrogens (tertiary/aromatic N) is 1. The predicted octanol–water partition coefficient (Wildman–Crippen LogP) is 2.56. The third-order valence-corrected chi connectivity index (χ3v) is 4.00. The maximum atomic E-state index is 12.3. The van der Waals surface area contributed by atoms with Crippen molar-refractivity contribution in [1.82, 2.24) is 10.2 Å². The Hall–Kier alpha value is -2.28. The van der Waals surface area contributed by atoms with E-state index in [0.717, 1.165) is 19.4 Å². The van der Waals surface area contributed by atoms with Crippen LogP contribution >= 0.6 is 0 Å². The molecule has 1 aliphatic rings. The van der Waals surface area contributed by atoms with Gasteiger partial charge in [-0.1, -0.05) is 0 Å². The van der Waals surface area contributed by atoms with E-state index in [9.17, 15) is 14.7 Å². The number of anilines is 1. The first kappa shape index (κ1) is 19.1. The Morgan fingerprint density at radius 2 is 2.04 bits per heavy atom. The highest BCUT2D eigenvalue weighted by atomic mass is 16.6. The number of hydrogen-bond acceptors (Lipinski definition) is 5. The monoisotopic (exact) mass is 349 g/mol. The maximum Gasteiger partial charge on any atom is 0.412 e. The van der Waals surface area contributed by atoms with Crippen LogP contribution in [0.25, 0.3) is 0 Å². The van der Waals surface area contributed by atoms with Crippen LogP contribution in [-0.2, 0) is 4.74 Å². The minimum atomic E-state index is -0.642. The standard InChI is InChI=1S/C18H27N3O4/c1-18(2,3)25-17(24)20-13-8-12(9-15(22)10-13)16(23)19-11-14-6-5-7-21(14)4/h8-10,14,22H,5-7,11H2,1-4H3,(H,19,23)(H,20,24). The van der Waals surface area contributed by atoms with Crippen LogP contribution < -0.4 is 10.6 Å². The van der Waals surface area contributed by atoms with E-state index < -0.39 is 11.7 Å². The van der Waals surface area contributed by atoms with Crippen molar-refractivity contribution in [2.24, 2.45) is 0 Å². The van der Waals surface area contributed by atoms with Gasteiger partial charge < -0.3 is 20.1 Å². The topological polar surface area (TPSA) is 90.9 Å². The van der Waals surface area contributed by atoms with Crippen molar-refractivity contribution in [2.45, 2.75) is 45.3 Å². The summed E-state index contributed by atoms with van der Waals surface area (Å²) < 4.78 is 5.17. The van der Waals surface area contributed by atoms with Crippen LogP contribution in [0.4, 0.5) is 10.5 Å². The number of rotatable bonds is 4. The fourth-order valence-electron chi connectivity index (χ4n) is 2.79. The van der Waals surface area contributed by atoms with E-state index >= 15 is 0 Å². The molecule has 0 bridgehead atoms. The van der Waals surface area contributed by atoms with Gasteiger partial charge in [0.15, 0.2) is 0 Å². The van der Waals surface area contributed by atoms with Gasteiger partial charge in [0.2, 0.25) is 0 Å². The molecule has 1 heterocycles. The highest BCUT2D eigenvalue weighted by molar-refractivity contribution is 5.96. The van der Waals surface area contributed by atoms with Crippen molar-refractivity contribution in [3.05, 3.63) is 23.8 Å². The van der Waals surface area contributed by atoms with Crippen LogP contribution in [-0.4, -0.2) is 53.8 Å². The van der Waals surface area contributed by atoms with Crippen LogP contribution in [0.3, 0.4) is 0 Å². The van der Waals surface area contributed by atoms with E-state index in [1.165, 1.54) is 18.2 Å². The van der Waals surface area contributed by atoms with Gasteiger partial charge in [-0.2, -0.15) is 0 Å². The molecule has 0 spiro atoms. The van der Waals surface area contributed by atoms with Gasteiger partial charge in [-0.25, -0.2) is 4.79 Å². The van der Waals surface area contributed by atoms with Crippen LogP contribution in [0.2, 0.25) is 0 Å². The predicted molar refractivity (Wildman–Crippen MR) is 95.9 cm³/mol. The van der Waals surface area contributed by atoms with Gasteiger partial charge in [-0.3, -0.25) is 10.1 Å². The number of hydrogen-bond donors (Lipinski definition) is 3. The number of likely N-dealkylation sites (tertiary alicyclic amines) is 1. The molecule has 2 amide bonds. The summed E-state index contributed by atoms with van der Waals surface area (Å²) in [5.41, 5.74) is -0.0434. The Kier molecular flexibility index (Phi) is 5.89. The van der Waals surface area contributed by atoms with Gasteiger partial charge in [0.25, 0.3) is 5.91 Å². The van der Waals surface area contributed by atoms with E-state index in [1.807, 2.05) is 7.05 Å². The molecule has 138 valence electrons. The van der Waals surface area contributed by atoms with Crippen molar-refractivity contribution in [3.63, 3.8) is 0 Å². The van der Waals surface area contributed by atoms with Crippen molar-refractivity contribution in [3.8, 4) is 5.75 Å². The lowest BCUT2D eigenvalue weighted by atomic mass is 10.1. The first-order valence-corrected chi connectivity index (χ1v) is 8.46. The molecule has 1 aliphatic heterocycles. The zero-order valence-corrected chi connectivity index (χ0v) is 15.3. The average Bonchev–Trinajstić information content (AvgIpc) is 2.87. The second-order valence-electron chi connectivity index (χ2n) is 7.38. The first-order chi connectivity index (χ1) is 11.6. The number of aromatic hydroxyl groups is 1. The molecule has 25 heavy (non-hydrogen) atoms. The third kappa shape index (κ3) is 5.94. The first-order valence-electron chi connectivity index (χ1n) is 8.46. The van der Waals surface area contributed by atoms with Crippen LogP contribution in [0, 0.1) is 0 Å². The van der Waals surface area contributed by atoms with Crippen LogP contribution in [0.1, 0.15) is 44.0 Å². The Bertz CT molecular complexity index is 640. The van der Waals surface area contributed by atoms with Gasteiger partial charge >= 0.3 is 6.09 Å². The summed E-state index contributed by atoms with van der Waals surface area (Å²) >= 11 is 0. The van der Waals surface area contributed by atoms with E-state index in [-0.39, 0.29) is 17.2 Å². The molecule has 0 aliphatic carbocycles. The van der Waals surface area contributed by atoms with Gasteiger partial charge in [0, 0.05) is 29.9 Å².